The Bertz CT molecular complexity index is 632. The Labute approximate surface area is 121 Å². The largest absolute Gasteiger partial charge is 0.546 e. The standard InChI is InChI=1S/C15H21N3OSi/c1-11-6-7-15(19-20(4)5)14(10-11)17-13(3)18-9-8-16-12(18)2/h6-10,20H,1-5H3. The Morgan fingerprint density at radius 1 is 1.30 bits per heavy atom. The zero-order valence-electron chi connectivity index (χ0n) is 12.7. The molecule has 1 aromatic heterocycles. The van der Waals surface area contributed by atoms with Crippen LogP contribution in [0.5, 0.6) is 5.75 Å². The zero-order chi connectivity index (χ0) is 14.7. The fourth-order valence-corrected chi connectivity index (χ4v) is 2.72. The van der Waals surface area contributed by atoms with Crippen LogP contribution in [0.15, 0.2) is 35.6 Å². The summed E-state index contributed by atoms with van der Waals surface area (Å²) in [5.41, 5.74) is 2.06. The van der Waals surface area contributed by atoms with E-state index < -0.39 is 9.04 Å². The van der Waals surface area contributed by atoms with E-state index in [1.165, 1.54) is 5.56 Å². The van der Waals surface area contributed by atoms with Crippen LogP contribution in [-0.2, 0) is 0 Å². The van der Waals surface area contributed by atoms with Crippen molar-refractivity contribution in [2.75, 3.05) is 0 Å². The van der Waals surface area contributed by atoms with Gasteiger partial charge in [0.2, 0.25) is 9.04 Å². The maximum atomic E-state index is 5.96. The number of aliphatic imine (C=N–C) groups is 1. The molecule has 0 saturated heterocycles. The molecule has 0 bridgehead atoms. The fourth-order valence-electron chi connectivity index (χ4n) is 2.02. The normalized spacial score (nSPS) is 12.0. The minimum Gasteiger partial charge on any atom is -0.546 e. The van der Waals surface area contributed by atoms with E-state index in [1.54, 1.807) is 6.20 Å². The summed E-state index contributed by atoms with van der Waals surface area (Å²) < 4.78 is 7.93. The van der Waals surface area contributed by atoms with Crippen molar-refractivity contribution in [1.82, 2.24) is 9.55 Å². The fraction of sp³-hybridized carbons (Fsp3) is 0.333. The number of rotatable bonds is 3. The monoisotopic (exact) mass is 287 g/mol. The van der Waals surface area contributed by atoms with Gasteiger partial charge in [-0.2, -0.15) is 0 Å². The molecule has 0 aliphatic rings. The van der Waals surface area contributed by atoms with Crippen molar-refractivity contribution in [2.45, 2.75) is 33.9 Å². The summed E-state index contributed by atoms with van der Waals surface area (Å²) in [7, 11) is -1.15. The molecule has 0 unspecified atom stereocenters. The van der Waals surface area contributed by atoms with E-state index >= 15 is 0 Å². The lowest BCUT2D eigenvalue weighted by Gasteiger charge is -2.13. The van der Waals surface area contributed by atoms with Gasteiger partial charge in [0.15, 0.2) is 0 Å². The Morgan fingerprint density at radius 2 is 2.05 bits per heavy atom. The lowest BCUT2D eigenvalue weighted by molar-refractivity contribution is 0.582. The smallest absolute Gasteiger partial charge is 0.229 e. The highest BCUT2D eigenvalue weighted by Crippen LogP contribution is 2.29. The van der Waals surface area contributed by atoms with Crippen molar-refractivity contribution in [1.29, 1.82) is 0 Å². The van der Waals surface area contributed by atoms with Gasteiger partial charge < -0.3 is 4.43 Å². The minimum atomic E-state index is -1.15. The van der Waals surface area contributed by atoms with Crippen molar-refractivity contribution in [3.8, 4) is 5.75 Å². The topological polar surface area (TPSA) is 39.4 Å². The first-order valence-corrected chi connectivity index (χ1v) is 9.58. The first-order valence-electron chi connectivity index (χ1n) is 6.80. The van der Waals surface area contributed by atoms with Crippen molar-refractivity contribution in [3.63, 3.8) is 0 Å². The molecule has 4 nitrogen and oxygen atoms in total. The van der Waals surface area contributed by atoms with E-state index in [1.807, 2.05) is 30.7 Å². The number of aromatic nitrogens is 2. The van der Waals surface area contributed by atoms with Gasteiger partial charge in [-0.1, -0.05) is 6.07 Å². The molecule has 2 aromatic rings. The number of hydrogen-bond donors (Lipinski definition) is 0. The van der Waals surface area contributed by atoms with E-state index in [0.29, 0.717) is 0 Å². The molecular formula is C15H21N3OSi. The van der Waals surface area contributed by atoms with Gasteiger partial charge in [0.25, 0.3) is 0 Å². The Kier molecular flexibility index (Phi) is 4.39. The number of hydrogen-bond acceptors (Lipinski definition) is 3. The predicted molar refractivity (Wildman–Crippen MR) is 85.8 cm³/mol. The van der Waals surface area contributed by atoms with Gasteiger partial charge in [-0.25, -0.2) is 9.98 Å². The summed E-state index contributed by atoms with van der Waals surface area (Å²) >= 11 is 0. The number of imidazole rings is 1. The van der Waals surface area contributed by atoms with Gasteiger partial charge in [0.05, 0.1) is 0 Å². The average Bonchev–Trinajstić information content (AvgIpc) is 2.78. The van der Waals surface area contributed by atoms with Crippen LogP contribution >= 0.6 is 0 Å². The van der Waals surface area contributed by atoms with E-state index in [0.717, 1.165) is 23.1 Å². The Hall–Kier alpha value is -1.88. The van der Waals surface area contributed by atoms with E-state index in [9.17, 15) is 0 Å². The number of benzene rings is 1. The Morgan fingerprint density at radius 3 is 2.65 bits per heavy atom. The van der Waals surface area contributed by atoms with Crippen molar-refractivity contribution in [2.24, 2.45) is 4.99 Å². The quantitative estimate of drug-likeness (QED) is 0.493. The molecule has 2 rings (SSSR count). The summed E-state index contributed by atoms with van der Waals surface area (Å²) in [5, 5.41) is 0. The molecular weight excluding hydrogens is 266 g/mol. The van der Waals surface area contributed by atoms with E-state index in [4.69, 9.17) is 9.42 Å². The van der Waals surface area contributed by atoms with E-state index in [-0.39, 0.29) is 0 Å². The molecule has 0 amide bonds. The first-order chi connectivity index (χ1) is 9.47. The number of aryl methyl sites for hydroxylation is 2. The molecule has 0 radical (unpaired) electrons. The average molecular weight is 287 g/mol. The van der Waals surface area contributed by atoms with Gasteiger partial charge in [0, 0.05) is 12.4 Å². The molecule has 0 spiro atoms. The van der Waals surface area contributed by atoms with Gasteiger partial charge in [-0.3, -0.25) is 4.57 Å². The van der Waals surface area contributed by atoms with Crippen LogP contribution in [0.2, 0.25) is 13.1 Å². The second-order valence-corrected chi connectivity index (χ2v) is 7.47. The molecule has 0 aliphatic heterocycles. The third-order valence-corrected chi connectivity index (χ3v) is 3.66. The zero-order valence-corrected chi connectivity index (χ0v) is 13.9. The molecule has 0 fully saturated rings. The van der Waals surface area contributed by atoms with Crippen molar-refractivity contribution >= 4 is 20.6 Å². The summed E-state index contributed by atoms with van der Waals surface area (Å²) in [6.45, 7) is 10.3. The second kappa shape index (κ2) is 6.05. The van der Waals surface area contributed by atoms with Crippen molar-refractivity contribution < 1.29 is 4.43 Å². The van der Waals surface area contributed by atoms with E-state index in [2.05, 4.69) is 37.1 Å². The van der Waals surface area contributed by atoms with Crippen LogP contribution in [-0.4, -0.2) is 24.4 Å². The molecule has 106 valence electrons. The molecule has 0 N–H and O–H groups in total. The molecule has 1 heterocycles. The van der Waals surface area contributed by atoms with Gasteiger partial charge >= 0.3 is 0 Å². The third kappa shape index (κ3) is 3.36. The van der Waals surface area contributed by atoms with Crippen LogP contribution < -0.4 is 4.43 Å². The SMILES string of the molecule is CC(=Nc1cc(C)ccc1O[SiH](C)C)n1ccnc1C. The number of nitrogens with zero attached hydrogens (tertiary/aromatic N) is 3. The lowest BCUT2D eigenvalue weighted by atomic mass is 10.2. The third-order valence-electron chi connectivity index (χ3n) is 2.93. The molecule has 1 aromatic carbocycles. The second-order valence-electron chi connectivity index (χ2n) is 5.14. The van der Waals surface area contributed by atoms with Gasteiger partial charge in [0.1, 0.15) is 23.1 Å². The molecule has 5 heteroatoms. The summed E-state index contributed by atoms with van der Waals surface area (Å²) in [6, 6.07) is 6.13. The van der Waals surface area contributed by atoms with Gasteiger partial charge in [-0.15, -0.1) is 0 Å². The maximum absolute atomic E-state index is 5.96. The van der Waals surface area contributed by atoms with Gasteiger partial charge in [-0.05, 0) is 51.6 Å². The molecule has 20 heavy (non-hydrogen) atoms. The van der Waals surface area contributed by atoms with Crippen LogP contribution in [0.1, 0.15) is 18.3 Å². The highest BCUT2D eigenvalue weighted by molar-refractivity contribution is 6.49. The summed E-state index contributed by atoms with van der Waals surface area (Å²) in [6.07, 6.45) is 3.70. The summed E-state index contributed by atoms with van der Waals surface area (Å²) in [5.74, 6) is 2.69. The lowest BCUT2D eigenvalue weighted by Crippen LogP contribution is -2.12. The van der Waals surface area contributed by atoms with Crippen LogP contribution in [0.3, 0.4) is 0 Å². The molecule has 0 saturated carbocycles. The minimum absolute atomic E-state index is 0.870. The highest BCUT2D eigenvalue weighted by Gasteiger charge is 2.07. The van der Waals surface area contributed by atoms with Crippen LogP contribution in [0, 0.1) is 13.8 Å². The molecule has 0 atom stereocenters. The maximum Gasteiger partial charge on any atom is 0.229 e. The van der Waals surface area contributed by atoms with Crippen molar-refractivity contribution in [3.05, 3.63) is 42.0 Å². The predicted octanol–water partition coefficient (Wildman–Crippen LogP) is 3.46. The molecule has 0 aliphatic carbocycles. The summed E-state index contributed by atoms with van der Waals surface area (Å²) in [4.78, 5) is 8.94. The Balaban J connectivity index is 2.41. The first kappa shape index (κ1) is 14.5. The van der Waals surface area contributed by atoms with Crippen LogP contribution in [0.4, 0.5) is 5.69 Å². The highest BCUT2D eigenvalue weighted by atomic mass is 28.3. The van der Waals surface area contributed by atoms with Crippen LogP contribution in [0.25, 0.3) is 0 Å².